The molecule has 4 aromatic rings. The average molecular weight is 348 g/mol. The zero-order valence-corrected chi connectivity index (χ0v) is 14.0. The van der Waals surface area contributed by atoms with E-state index in [1.165, 1.54) is 11.3 Å². The van der Waals surface area contributed by atoms with E-state index < -0.39 is 0 Å². The summed E-state index contributed by atoms with van der Waals surface area (Å²) in [6, 6.07) is 6.07. The molecule has 0 aromatic carbocycles. The van der Waals surface area contributed by atoms with E-state index in [4.69, 9.17) is 15.6 Å². The normalized spacial score (nSPS) is 10.9. The van der Waals surface area contributed by atoms with Gasteiger partial charge in [0.15, 0.2) is 5.52 Å². The van der Waals surface area contributed by atoms with Crippen molar-refractivity contribution in [1.29, 1.82) is 5.26 Å². The van der Waals surface area contributed by atoms with E-state index in [9.17, 15) is 0 Å². The number of fused-ring (bicyclic) bond motifs is 1. The van der Waals surface area contributed by atoms with E-state index in [0.29, 0.717) is 28.8 Å². The third kappa shape index (κ3) is 2.60. The molecule has 8 heteroatoms. The van der Waals surface area contributed by atoms with Crippen molar-refractivity contribution in [2.75, 3.05) is 5.73 Å². The zero-order chi connectivity index (χ0) is 17.4. The number of nitrogen functional groups attached to an aromatic ring is 1. The zero-order valence-electron chi connectivity index (χ0n) is 13.2. The highest BCUT2D eigenvalue weighted by atomic mass is 32.1. The first-order valence-corrected chi connectivity index (χ1v) is 8.40. The first-order chi connectivity index (χ1) is 12.2. The second kappa shape index (κ2) is 5.96. The number of anilines is 1. The van der Waals surface area contributed by atoms with Gasteiger partial charge in [-0.2, -0.15) is 16.6 Å². The maximum atomic E-state index is 9.14. The van der Waals surface area contributed by atoms with Crippen LogP contribution in [0.5, 0.6) is 0 Å². The molecule has 0 aliphatic rings. The summed E-state index contributed by atoms with van der Waals surface area (Å²) >= 11 is 1.49. The predicted molar refractivity (Wildman–Crippen MR) is 93.8 cm³/mol. The third-order valence-electron chi connectivity index (χ3n) is 4.03. The molecule has 7 nitrogen and oxygen atoms in total. The monoisotopic (exact) mass is 348 g/mol. The van der Waals surface area contributed by atoms with Crippen LogP contribution in [0.25, 0.3) is 22.4 Å². The molecule has 25 heavy (non-hydrogen) atoms. The third-order valence-corrected chi connectivity index (χ3v) is 4.77. The number of rotatable bonds is 3. The average Bonchev–Trinajstić information content (AvgIpc) is 3.28. The van der Waals surface area contributed by atoms with Crippen molar-refractivity contribution >= 4 is 28.2 Å². The molecule has 0 saturated carbocycles. The molecule has 0 aliphatic heterocycles. The minimum Gasteiger partial charge on any atom is -0.396 e. The number of nitriles is 1. The molecule has 122 valence electrons. The topological polar surface area (TPSA) is 115 Å². The van der Waals surface area contributed by atoms with Crippen LogP contribution >= 0.6 is 11.3 Å². The fraction of sp³-hybridized carbons (Fsp3) is 0.118. The highest BCUT2D eigenvalue weighted by Crippen LogP contribution is 2.28. The molecule has 0 fully saturated rings. The minimum atomic E-state index is 0.411. The number of hydrogen-bond donors (Lipinski definition) is 1. The van der Waals surface area contributed by atoms with E-state index in [1.54, 1.807) is 6.20 Å². The molecule has 0 aliphatic carbocycles. The summed E-state index contributed by atoms with van der Waals surface area (Å²) in [6.07, 6.45) is 2.37. The summed E-state index contributed by atoms with van der Waals surface area (Å²) in [5.41, 5.74) is 12.5. The second-order valence-electron chi connectivity index (χ2n) is 5.57. The Morgan fingerprint density at radius 3 is 2.92 bits per heavy atom. The molecule has 4 aromatic heterocycles. The van der Waals surface area contributed by atoms with Crippen LogP contribution in [0.4, 0.5) is 5.69 Å². The number of nitrogens with zero attached hydrogens (tertiary/aromatic N) is 5. The fourth-order valence-electron chi connectivity index (χ4n) is 2.69. The molecular weight excluding hydrogens is 336 g/mol. The number of nitrogens with two attached hydrogens (primary N) is 1. The van der Waals surface area contributed by atoms with Crippen molar-refractivity contribution in [3.8, 4) is 17.3 Å². The molecule has 0 unspecified atom stereocenters. The molecule has 2 N–H and O–H groups in total. The molecule has 0 amide bonds. The minimum absolute atomic E-state index is 0.411. The van der Waals surface area contributed by atoms with Crippen molar-refractivity contribution in [2.24, 2.45) is 0 Å². The van der Waals surface area contributed by atoms with Crippen molar-refractivity contribution in [3.63, 3.8) is 0 Å². The summed E-state index contributed by atoms with van der Waals surface area (Å²) in [4.78, 5) is 8.86. The molecule has 0 atom stereocenters. The molecule has 4 rings (SSSR count). The summed E-state index contributed by atoms with van der Waals surface area (Å²) < 4.78 is 4.70. The van der Waals surface area contributed by atoms with Crippen LogP contribution in [0, 0.1) is 18.3 Å². The Balaban J connectivity index is 1.67. The van der Waals surface area contributed by atoms with E-state index in [1.807, 2.05) is 29.8 Å². The van der Waals surface area contributed by atoms with Gasteiger partial charge in [0.05, 0.1) is 16.9 Å². The quantitative estimate of drug-likeness (QED) is 0.605. The van der Waals surface area contributed by atoms with Crippen LogP contribution in [0.1, 0.15) is 22.4 Å². The highest BCUT2D eigenvalue weighted by Gasteiger charge is 2.15. The fourth-order valence-corrected chi connectivity index (χ4v) is 3.46. The van der Waals surface area contributed by atoms with E-state index in [-0.39, 0.29) is 0 Å². The van der Waals surface area contributed by atoms with Gasteiger partial charge in [-0.15, -0.1) is 0 Å². The van der Waals surface area contributed by atoms with Gasteiger partial charge < -0.3 is 5.73 Å². The molecule has 0 radical (unpaired) electrons. The van der Waals surface area contributed by atoms with Crippen molar-refractivity contribution in [2.45, 2.75) is 13.3 Å². The van der Waals surface area contributed by atoms with E-state index >= 15 is 0 Å². The molecule has 0 bridgehead atoms. The van der Waals surface area contributed by atoms with Gasteiger partial charge in [-0.25, -0.2) is 9.61 Å². The Kier molecular flexibility index (Phi) is 3.63. The van der Waals surface area contributed by atoms with Crippen LogP contribution in [0.3, 0.4) is 0 Å². The Hall–Kier alpha value is -3.31. The van der Waals surface area contributed by atoms with E-state index in [2.05, 4.69) is 26.4 Å². The standard InChI is InChI=1S/C17H12N6OS/c1-9-12(15(19)16-17(21-9)23-24-22-16)4-10-2-3-14(20-6-10)13-8-25-7-11(13)5-18/h2-3,6-8H,4,19H2,1H3. The lowest BCUT2D eigenvalue weighted by Crippen LogP contribution is -2.03. The first kappa shape index (κ1) is 15.2. The summed E-state index contributed by atoms with van der Waals surface area (Å²) in [6.45, 7) is 1.88. The van der Waals surface area contributed by atoms with Gasteiger partial charge in [0.25, 0.3) is 0 Å². The lowest BCUT2D eigenvalue weighted by Gasteiger charge is -2.09. The van der Waals surface area contributed by atoms with Gasteiger partial charge in [-0.1, -0.05) is 6.07 Å². The van der Waals surface area contributed by atoms with Gasteiger partial charge in [0.1, 0.15) is 6.07 Å². The van der Waals surface area contributed by atoms with Crippen molar-refractivity contribution in [1.82, 2.24) is 20.3 Å². The van der Waals surface area contributed by atoms with Crippen LogP contribution < -0.4 is 5.73 Å². The van der Waals surface area contributed by atoms with Crippen molar-refractivity contribution in [3.05, 3.63) is 51.5 Å². The Morgan fingerprint density at radius 1 is 1.28 bits per heavy atom. The van der Waals surface area contributed by atoms with Gasteiger partial charge in [0.2, 0.25) is 5.65 Å². The molecular formula is C17H12N6OS. The van der Waals surface area contributed by atoms with Crippen LogP contribution in [-0.2, 0) is 6.42 Å². The molecule has 0 spiro atoms. The van der Waals surface area contributed by atoms with Gasteiger partial charge in [-0.05, 0) is 28.9 Å². The van der Waals surface area contributed by atoms with Gasteiger partial charge >= 0.3 is 0 Å². The summed E-state index contributed by atoms with van der Waals surface area (Å²) in [7, 11) is 0. The number of hydrogen-bond acceptors (Lipinski definition) is 8. The number of aromatic nitrogens is 4. The van der Waals surface area contributed by atoms with Crippen LogP contribution in [0.2, 0.25) is 0 Å². The maximum Gasteiger partial charge on any atom is 0.226 e. The number of pyridine rings is 2. The van der Waals surface area contributed by atoms with Crippen LogP contribution in [0.15, 0.2) is 33.7 Å². The summed E-state index contributed by atoms with van der Waals surface area (Å²) in [5.74, 6) is 0. The second-order valence-corrected chi connectivity index (χ2v) is 6.31. The van der Waals surface area contributed by atoms with E-state index in [0.717, 1.165) is 28.1 Å². The van der Waals surface area contributed by atoms with Gasteiger partial charge in [0, 0.05) is 40.2 Å². The Bertz CT molecular complexity index is 1110. The Labute approximate surface area is 146 Å². The Morgan fingerprint density at radius 2 is 2.16 bits per heavy atom. The SMILES string of the molecule is Cc1nc2nonc2c(N)c1Cc1ccc(-c2cscc2C#N)nc1. The largest absolute Gasteiger partial charge is 0.396 e. The molecule has 4 heterocycles. The molecule has 0 saturated heterocycles. The van der Waals surface area contributed by atoms with Crippen LogP contribution in [-0.4, -0.2) is 20.3 Å². The lowest BCUT2D eigenvalue weighted by molar-refractivity contribution is 0.315. The van der Waals surface area contributed by atoms with Crippen molar-refractivity contribution < 1.29 is 4.63 Å². The highest BCUT2D eigenvalue weighted by molar-refractivity contribution is 7.08. The predicted octanol–water partition coefficient (Wildman–Crippen LogP) is 3.09. The maximum absolute atomic E-state index is 9.14. The lowest BCUT2D eigenvalue weighted by atomic mass is 10.0. The number of thiophene rings is 1. The summed E-state index contributed by atoms with van der Waals surface area (Å²) in [5, 5.41) is 20.4. The smallest absolute Gasteiger partial charge is 0.226 e. The van der Waals surface area contributed by atoms with Gasteiger partial charge in [-0.3, -0.25) is 4.98 Å². The number of aryl methyl sites for hydroxylation is 1. The first-order valence-electron chi connectivity index (χ1n) is 7.46.